The van der Waals surface area contributed by atoms with E-state index in [0.717, 1.165) is 12.1 Å². The fourth-order valence-corrected chi connectivity index (χ4v) is 6.52. The number of phenols is 1. The zero-order valence-electron chi connectivity index (χ0n) is 23.1. The molecule has 224 valence electrons. The first-order valence-corrected chi connectivity index (χ1v) is 13.4. The van der Waals surface area contributed by atoms with E-state index in [-0.39, 0.29) is 42.6 Å². The number of carboxylic acids is 1. The number of fused-ring (bicyclic) bond motifs is 2. The van der Waals surface area contributed by atoms with Crippen molar-refractivity contribution in [1.82, 2.24) is 4.90 Å². The standard InChI is InChI=1S/C30H33FN2O9/c1-33(2)26(28(39)25(29(32)40)21(36)7-8-34)15-9-14-11-17-16(13-3-5-19(31)18(10-13)30(41)42)4-6-20(35)24(17)27(38)23(14)22(37)12-15/h3-6,10,14-15,25-26,28,34-35,38-39H,7-9,11-12H2,1-2H3,(H2,32,40)(H,41,42)/t14?,15?,25?,26-,28?/m0/s1. The Labute approximate surface area is 240 Å². The third-order valence-electron chi connectivity index (χ3n) is 8.27. The summed E-state index contributed by atoms with van der Waals surface area (Å²) in [6, 6.07) is 5.49. The minimum absolute atomic E-state index is 0.0272. The molecule has 0 heterocycles. The largest absolute Gasteiger partial charge is 0.507 e. The molecule has 4 unspecified atom stereocenters. The number of nitrogens with zero attached hydrogens (tertiary/aromatic N) is 1. The Balaban J connectivity index is 1.76. The normalized spacial score (nSPS) is 20.5. The van der Waals surface area contributed by atoms with Crippen molar-refractivity contribution in [2.75, 3.05) is 20.7 Å². The van der Waals surface area contributed by atoms with E-state index in [1.807, 2.05) is 0 Å². The van der Waals surface area contributed by atoms with E-state index < -0.39 is 77.1 Å². The molecule has 0 radical (unpaired) electrons. The van der Waals surface area contributed by atoms with Crippen molar-refractivity contribution in [3.05, 3.63) is 58.4 Å². The molecule has 1 saturated carbocycles. The molecule has 1 amide bonds. The zero-order valence-corrected chi connectivity index (χ0v) is 23.1. The highest BCUT2D eigenvalue weighted by atomic mass is 19.1. The van der Waals surface area contributed by atoms with Gasteiger partial charge >= 0.3 is 5.97 Å². The van der Waals surface area contributed by atoms with Crippen molar-refractivity contribution in [1.29, 1.82) is 0 Å². The number of primary amides is 1. The number of allylic oxidation sites excluding steroid dienone is 1. The molecule has 0 saturated heterocycles. The topological polar surface area (TPSA) is 199 Å². The van der Waals surface area contributed by atoms with Gasteiger partial charge in [-0.2, -0.15) is 0 Å². The van der Waals surface area contributed by atoms with Crippen molar-refractivity contribution in [3.63, 3.8) is 0 Å². The van der Waals surface area contributed by atoms with E-state index in [0.29, 0.717) is 16.7 Å². The minimum atomic E-state index is -1.61. The van der Waals surface area contributed by atoms with Gasteiger partial charge < -0.3 is 36.2 Å². The number of aromatic hydroxyl groups is 1. The van der Waals surface area contributed by atoms with Crippen LogP contribution in [0.3, 0.4) is 0 Å². The first-order chi connectivity index (χ1) is 19.8. The molecule has 5 atom stereocenters. The molecular formula is C30H33FN2O9. The number of phenolic OH excluding ortho intramolecular Hbond substituents is 1. The number of hydrogen-bond acceptors (Lipinski definition) is 9. The first-order valence-electron chi connectivity index (χ1n) is 13.4. The van der Waals surface area contributed by atoms with Crippen LogP contribution in [0.15, 0.2) is 35.9 Å². The number of carbonyl (C=O) groups is 4. The smallest absolute Gasteiger partial charge is 0.338 e. The van der Waals surface area contributed by atoms with Crippen LogP contribution in [0.4, 0.5) is 4.39 Å². The molecule has 2 aromatic carbocycles. The number of benzene rings is 2. The van der Waals surface area contributed by atoms with Gasteiger partial charge in [-0.3, -0.25) is 14.4 Å². The number of ketones is 2. The van der Waals surface area contributed by atoms with E-state index >= 15 is 0 Å². The van der Waals surface area contributed by atoms with Crippen LogP contribution in [0.1, 0.15) is 40.7 Å². The van der Waals surface area contributed by atoms with Crippen molar-refractivity contribution in [2.24, 2.45) is 23.5 Å². The summed E-state index contributed by atoms with van der Waals surface area (Å²) in [6.45, 7) is -0.532. The molecule has 2 aromatic rings. The van der Waals surface area contributed by atoms with Crippen LogP contribution in [-0.2, 0) is 20.8 Å². The number of nitrogens with two attached hydrogens (primary N) is 1. The highest BCUT2D eigenvalue weighted by molar-refractivity contribution is 6.05. The van der Waals surface area contributed by atoms with E-state index in [1.165, 1.54) is 18.2 Å². The Hall–Kier alpha value is -4.13. The van der Waals surface area contributed by atoms with Gasteiger partial charge in [-0.05, 0) is 73.7 Å². The van der Waals surface area contributed by atoms with Crippen LogP contribution >= 0.6 is 0 Å². The third-order valence-corrected chi connectivity index (χ3v) is 8.27. The number of carbonyl (C=O) groups excluding carboxylic acids is 3. The zero-order chi connectivity index (χ0) is 31.0. The molecule has 12 heteroatoms. The summed E-state index contributed by atoms with van der Waals surface area (Å²) in [5.41, 5.74) is 6.21. The molecule has 0 aromatic heterocycles. The summed E-state index contributed by atoms with van der Waals surface area (Å²) < 4.78 is 14.1. The first kappa shape index (κ1) is 30.8. The van der Waals surface area contributed by atoms with Gasteiger partial charge in [-0.1, -0.05) is 12.1 Å². The maximum absolute atomic E-state index is 14.1. The van der Waals surface area contributed by atoms with E-state index in [1.54, 1.807) is 19.0 Å². The molecular weight excluding hydrogens is 551 g/mol. The van der Waals surface area contributed by atoms with Gasteiger partial charge in [0, 0.05) is 31.1 Å². The minimum Gasteiger partial charge on any atom is -0.507 e. The Morgan fingerprint density at radius 1 is 1.12 bits per heavy atom. The SMILES string of the molecule is CN(C)[C@@H](C1CC(=O)C2=C(O)c3c(O)ccc(-c4ccc(F)c(C(=O)O)c4)c3CC2C1)C(O)C(C(N)=O)C(=O)CCO. The van der Waals surface area contributed by atoms with E-state index in [2.05, 4.69) is 0 Å². The fourth-order valence-electron chi connectivity index (χ4n) is 6.52. The number of aliphatic hydroxyl groups excluding tert-OH is 3. The lowest BCUT2D eigenvalue weighted by Gasteiger charge is -2.43. The van der Waals surface area contributed by atoms with Crippen LogP contribution in [0, 0.1) is 23.6 Å². The number of carboxylic acid groups (broad SMARTS) is 1. The predicted octanol–water partition coefficient (Wildman–Crippen LogP) is 1.66. The molecule has 0 bridgehead atoms. The molecule has 0 spiro atoms. The Morgan fingerprint density at radius 2 is 1.81 bits per heavy atom. The van der Waals surface area contributed by atoms with Gasteiger partial charge in [0.15, 0.2) is 5.78 Å². The van der Waals surface area contributed by atoms with Crippen molar-refractivity contribution in [2.45, 2.75) is 37.8 Å². The lowest BCUT2D eigenvalue weighted by atomic mass is 9.66. The molecule has 1 fully saturated rings. The number of halogens is 1. The maximum atomic E-state index is 14.1. The van der Waals surface area contributed by atoms with Gasteiger partial charge in [0.2, 0.25) is 5.91 Å². The number of aromatic carboxylic acids is 1. The van der Waals surface area contributed by atoms with Gasteiger partial charge in [-0.25, -0.2) is 9.18 Å². The number of amides is 1. The number of hydrogen-bond donors (Lipinski definition) is 6. The van der Waals surface area contributed by atoms with Crippen LogP contribution in [-0.4, -0.2) is 86.7 Å². The van der Waals surface area contributed by atoms with E-state index in [9.17, 15) is 49.1 Å². The molecule has 0 aliphatic heterocycles. The average Bonchev–Trinajstić information content (AvgIpc) is 2.88. The van der Waals surface area contributed by atoms with Crippen LogP contribution < -0.4 is 5.73 Å². The van der Waals surface area contributed by atoms with Crippen LogP contribution in [0.5, 0.6) is 5.75 Å². The quantitative estimate of drug-likeness (QED) is 0.223. The third kappa shape index (κ3) is 5.52. The Morgan fingerprint density at radius 3 is 2.40 bits per heavy atom. The number of Topliss-reactive ketones (excluding diaryl/α,β-unsaturated/α-hetero) is 2. The van der Waals surface area contributed by atoms with Gasteiger partial charge in [0.05, 0.1) is 17.2 Å². The monoisotopic (exact) mass is 584 g/mol. The lowest BCUT2D eigenvalue weighted by Crippen LogP contribution is -2.54. The number of likely N-dealkylation sites (N-methyl/N-ethyl adjacent to an activating group) is 1. The summed E-state index contributed by atoms with van der Waals surface area (Å²) in [7, 11) is 3.24. The van der Waals surface area contributed by atoms with Gasteiger partial charge in [0.25, 0.3) is 0 Å². The number of rotatable bonds is 10. The molecule has 4 rings (SSSR count). The second-order valence-corrected chi connectivity index (χ2v) is 11.0. The molecule has 2 aliphatic rings. The highest BCUT2D eigenvalue weighted by Crippen LogP contribution is 2.48. The number of aliphatic hydroxyl groups is 3. The van der Waals surface area contributed by atoms with Crippen molar-refractivity contribution < 1.29 is 49.1 Å². The van der Waals surface area contributed by atoms with E-state index in [4.69, 9.17) is 5.73 Å². The van der Waals surface area contributed by atoms with Crippen molar-refractivity contribution in [3.8, 4) is 16.9 Å². The van der Waals surface area contributed by atoms with Gasteiger partial charge in [0.1, 0.15) is 29.0 Å². The van der Waals surface area contributed by atoms with Gasteiger partial charge in [-0.15, -0.1) is 0 Å². The Kier molecular flexibility index (Phi) is 8.81. The molecule has 2 aliphatic carbocycles. The summed E-state index contributed by atoms with van der Waals surface area (Å²) in [6.07, 6.45) is -1.72. The van der Waals surface area contributed by atoms with Crippen LogP contribution in [0.25, 0.3) is 16.9 Å². The van der Waals surface area contributed by atoms with Crippen molar-refractivity contribution >= 4 is 29.2 Å². The molecule has 42 heavy (non-hydrogen) atoms. The van der Waals surface area contributed by atoms with Crippen LogP contribution in [0.2, 0.25) is 0 Å². The summed E-state index contributed by atoms with van der Waals surface area (Å²) >= 11 is 0. The highest BCUT2D eigenvalue weighted by Gasteiger charge is 2.47. The maximum Gasteiger partial charge on any atom is 0.338 e. The second-order valence-electron chi connectivity index (χ2n) is 11.0. The summed E-state index contributed by atoms with van der Waals surface area (Å²) in [5.74, 6) is -8.11. The fraction of sp³-hybridized carbons (Fsp3) is 0.400. The Bertz CT molecular complexity index is 1490. The molecule has 7 N–H and O–H groups in total. The molecule has 11 nitrogen and oxygen atoms in total. The average molecular weight is 585 g/mol. The summed E-state index contributed by atoms with van der Waals surface area (Å²) in [5, 5.41) is 51.8. The predicted molar refractivity (Wildman–Crippen MR) is 148 cm³/mol. The lowest BCUT2D eigenvalue weighted by molar-refractivity contribution is -0.140. The second kappa shape index (κ2) is 12.0. The summed E-state index contributed by atoms with van der Waals surface area (Å²) in [4.78, 5) is 51.4.